The van der Waals surface area contributed by atoms with Crippen molar-refractivity contribution in [1.29, 1.82) is 0 Å². The number of para-hydroxylation sites is 1. The first kappa shape index (κ1) is 16.8. The molecular formula is C21H24N2O3. The van der Waals surface area contributed by atoms with E-state index >= 15 is 0 Å². The molecule has 1 fully saturated rings. The molecular weight excluding hydrogens is 328 g/mol. The highest BCUT2D eigenvalue weighted by Crippen LogP contribution is 2.26. The number of furan rings is 1. The molecule has 0 atom stereocenters. The number of aryl methyl sites for hydroxylation is 2. The lowest BCUT2D eigenvalue weighted by Gasteiger charge is -2.17. The van der Waals surface area contributed by atoms with Crippen molar-refractivity contribution in [2.75, 3.05) is 19.7 Å². The molecule has 3 heterocycles. The highest BCUT2D eigenvalue weighted by atomic mass is 16.5. The minimum Gasteiger partial charge on any atom is -0.494 e. The summed E-state index contributed by atoms with van der Waals surface area (Å²) in [5.74, 6) is 1.85. The predicted molar refractivity (Wildman–Crippen MR) is 101 cm³/mol. The van der Waals surface area contributed by atoms with Crippen molar-refractivity contribution < 1.29 is 13.9 Å². The van der Waals surface area contributed by atoms with Crippen LogP contribution in [0.3, 0.4) is 0 Å². The normalized spacial score (nSPS) is 14.3. The second-order valence-electron chi connectivity index (χ2n) is 6.80. The van der Waals surface area contributed by atoms with Gasteiger partial charge in [-0.15, -0.1) is 0 Å². The van der Waals surface area contributed by atoms with Gasteiger partial charge in [0, 0.05) is 31.8 Å². The average Bonchev–Trinajstić information content (AvgIpc) is 3.36. The maximum atomic E-state index is 12.9. The standard InChI is InChI=1S/C21H24N2O3/c1-16-14-18-20(26-16)15-19(21(24)22-10-5-6-11-22)23(18)12-7-13-25-17-8-3-2-4-9-17/h2-4,8-9,14-15H,5-7,10-13H2,1H3. The molecule has 1 saturated heterocycles. The van der Waals surface area contributed by atoms with E-state index in [2.05, 4.69) is 4.57 Å². The molecule has 3 aromatic rings. The lowest BCUT2D eigenvalue weighted by atomic mass is 10.3. The molecule has 0 unspecified atom stereocenters. The third-order valence-corrected chi connectivity index (χ3v) is 4.86. The van der Waals surface area contributed by atoms with E-state index in [1.54, 1.807) is 0 Å². The Morgan fingerprint density at radius 2 is 1.92 bits per heavy atom. The first-order valence-corrected chi connectivity index (χ1v) is 9.29. The van der Waals surface area contributed by atoms with Gasteiger partial charge in [0.15, 0.2) is 5.58 Å². The van der Waals surface area contributed by atoms with Crippen LogP contribution in [0.15, 0.2) is 46.9 Å². The first-order valence-electron chi connectivity index (χ1n) is 9.29. The average molecular weight is 352 g/mol. The number of ether oxygens (including phenoxy) is 1. The van der Waals surface area contributed by atoms with Crippen molar-refractivity contribution >= 4 is 17.0 Å². The number of rotatable bonds is 6. The zero-order valence-electron chi connectivity index (χ0n) is 15.1. The molecule has 2 aromatic heterocycles. The van der Waals surface area contributed by atoms with E-state index in [1.165, 1.54) is 0 Å². The van der Waals surface area contributed by atoms with E-state index in [9.17, 15) is 4.79 Å². The number of carbonyl (C=O) groups excluding carboxylic acids is 1. The summed E-state index contributed by atoms with van der Waals surface area (Å²) in [6, 6.07) is 13.7. The van der Waals surface area contributed by atoms with Gasteiger partial charge in [-0.25, -0.2) is 0 Å². The molecule has 0 aliphatic carbocycles. The Labute approximate surface area is 153 Å². The van der Waals surface area contributed by atoms with Crippen LogP contribution in [0.5, 0.6) is 5.75 Å². The van der Waals surface area contributed by atoms with Crippen molar-refractivity contribution in [3.8, 4) is 5.75 Å². The van der Waals surface area contributed by atoms with Gasteiger partial charge in [0.25, 0.3) is 5.91 Å². The van der Waals surface area contributed by atoms with Crippen LogP contribution in [-0.4, -0.2) is 35.1 Å². The Bertz CT molecular complexity index is 889. The Morgan fingerprint density at radius 3 is 2.69 bits per heavy atom. The van der Waals surface area contributed by atoms with Crippen molar-refractivity contribution in [2.45, 2.75) is 32.7 Å². The Kier molecular flexibility index (Phi) is 4.69. The fourth-order valence-electron chi connectivity index (χ4n) is 3.59. The molecule has 0 bridgehead atoms. The lowest BCUT2D eigenvalue weighted by molar-refractivity contribution is 0.0782. The second-order valence-corrected chi connectivity index (χ2v) is 6.80. The summed E-state index contributed by atoms with van der Waals surface area (Å²) >= 11 is 0. The van der Waals surface area contributed by atoms with Crippen LogP contribution in [0.25, 0.3) is 11.1 Å². The minimum atomic E-state index is 0.107. The van der Waals surface area contributed by atoms with Crippen molar-refractivity contribution in [3.05, 3.63) is 53.9 Å². The molecule has 0 N–H and O–H groups in total. The quantitative estimate of drug-likeness (QED) is 0.623. The highest BCUT2D eigenvalue weighted by Gasteiger charge is 2.24. The number of fused-ring (bicyclic) bond motifs is 1. The van der Waals surface area contributed by atoms with E-state index in [4.69, 9.17) is 9.15 Å². The number of aromatic nitrogens is 1. The van der Waals surface area contributed by atoms with Crippen LogP contribution < -0.4 is 4.74 Å². The van der Waals surface area contributed by atoms with Gasteiger partial charge in [-0.3, -0.25) is 4.79 Å². The van der Waals surface area contributed by atoms with Gasteiger partial charge in [-0.05, 0) is 38.3 Å². The number of hydrogen-bond acceptors (Lipinski definition) is 3. The van der Waals surface area contributed by atoms with E-state index < -0.39 is 0 Å². The minimum absolute atomic E-state index is 0.107. The van der Waals surface area contributed by atoms with E-state index in [0.29, 0.717) is 6.61 Å². The molecule has 1 aliphatic rings. The van der Waals surface area contributed by atoms with Crippen LogP contribution >= 0.6 is 0 Å². The molecule has 1 amide bonds. The zero-order valence-corrected chi connectivity index (χ0v) is 15.1. The number of hydrogen-bond donors (Lipinski definition) is 0. The number of amides is 1. The molecule has 5 heteroatoms. The fourth-order valence-corrected chi connectivity index (χ4v) is 3.59. The third kappa shape index (κ3) is 3.34. The summed E-state index contributed by atoms with van der Waals surface area (Å²) in [4.78, 5) is 14.8. The first-order chi connectivity index (χ1) is 12.7. The maximum Gasteiger partial charge on any atom is 0.270 e. The predicted octanol–water partition coefficient (Wildman–Crippen LogP) is 4.25. The number of likely N-dealkylation sites (tertiary alicyclic amines) is 1. The van der Waals surface area contributed by atoms with Crippen LogP contribution in [-0.2, 0) is 6.54 Å². The van der Waals surface area contributed by atoms with Crippen molar-refractivity contribution in [1.82, 2.24) is 9.47 Å². The second kappa shape index (κ2) is 7.28. The van der Waals surface area contributed by atoms with E-state index in [0.717, 1.165) is 67.2 Å². The van der Waals surface area contributed by atoms with Crippen LogP contribution in [0.4, 0.5) is 0 Å². The molecule has 0 spiro atoms. The third-order valence-electron chi connectivity index (χ3n) is 4.86. The Morgan fingerprint density at radius 1 is 1.15 bits per heavy atom. The van der Waals surface area contributed by atoms with Gasteiger partial charge in [0.05, 0.1) is 12.1 Å². The van der Waals surface area contributed by atoms with E-state index in [1.807, 2.05) is 54.3 Å². The monoisotopic (exact) mass is 352 g/mol. The van der Waals surface area contributed by atoms with Crippen molar-refractivity contribution in [2.24, 2.45) is 0 Å². The molecule has 1 aliphatic heterocycles. The van der Waals surface area contributed by atoms with Gasteiger partial charge in [-0.1, -0.05) is 18.2 Å². The molecule has 1 aromatic carbocycles. The molecule has 26 heavy (non-hydrogen) atoms. The highest BCUT2D eigenvalue weighted by molar-refractivity contribution is 5.97. The molecule has 4 rings (SSSR count). The number of carbonyl (C=O) groups is 1. The smallest absolute Gasteiger partial charge is 0.270 e. The van der Waals surface area contributed by atoms with Gasteiger partial charge in [-0.2, -0.15) is 0 Å². The fraction of sp³-hybridized carbons (Fsp3) is 0.381. The Hall–Kier alpha value is -2.69. The van der Waals surface area contributed by atoms with Gasteiger partial charge >= 0.3 is 0 Å². The summed E-state index contributed by atoms with van der Waals surface area (Å²) in [7, 11) is 0. The largest absolute Gasteiger partial charge is 0.494 e. The molecule has 5 nitrogen and oxygen atoms in total. The van der Waals surface area contributed by atoms with Crippen LogP contribution in [0, 0.1) is 6.92 Å². The maximum absolute atomic E-state index is 12.9. The summed E-state index contributed by atoms with van der Waals surface area (Å²) in [6.45, 7) is 4.97. The molecule has 136 valence electrons. The van der Waals surface area contributed by atoms with Gasteiger partial charge in [0.2, 0.25) is 0 Å². The van der Waals surface area contributed by atoms with Gasteiger partial charge in [0.1, 0.15) is 17.2 Å². The lowest BCUT2D eigenvalue weighted by Crippen LogP contribution is -2.29. The summed E-state index contributed by atoms with van der Waals surface area (Å²) in [5, 5.41) is 0. The molecule has 0 saturated carbocycles. The van der Waals surface area contributed by atoms with Crippen molar-refractivity contribution in [3.63, 3.8) is 0 Å². The van der Waals surface area contributed by atoms with E-state index in [-0.39, 0.29) is 5.91 Å². The zero-order chi connectivity index (χ0) is 17.9. The topological polar surface area (TPSA) is 47.6 Å². The molecule has 0 radical (unpaired) electrons. The summed E-state index contributed by atoms with van der Waals surface area (Å²) < 4.78 is 13.6. The van der Waals surface area contributed by atoms with Crippen LogP contribution in [0.2, 0.25) is 0 Å². The SMILES string of the molecule is Cc1cc2c(cc(C(=O)N3CCCC3)n2CCCOc2ccccc2)o1. The number of benzene rings is 1. The number of nitrogens with zero attached hydrogens (tertiary/aromatic N) is 2. The van der Waals surface area contributed by atoms with Crippen LogP contribution in [0.1, 0.15) is 35.5 Å². The Balaban J connectivity index is 1.50. The summed E-state index contributed by atoms with van der Waals surface area (Å²) in [5.41, 5.74) is 2.50. The summed E-state index contributed by atoms with van der Waals surface area (Å²) in [6.07, 6.45) is 3.00. The van der Waals surface area contributed by atoms with Gasteiger partial charge < -0.3 is 18.6 Å².